The molecule has 20 heavy (non-hydrogen) atoms. The standard InChI is InChI=1S/C14H8ClFN2O2/c15-9-2-1-3-10(16)13(9)18-7-17-11-5-4-8(14(19)20)6-12(11)18/h1-7H,(H,19,20). The normalized spacial score (nSPS) is 10.9. The van der Waals surface area contributed by atoms with E-state index in [9.17, 15) is 9.18 Å². The number of carbonyl (C=O) groups is 1. The van der Waals surface area contributed by atoms with Crippen LogP contribution in [0.4, 0.5) is 4.39 Å². The molecule has 2 aromatic carbocycles. The third kappa shape index (κ3) is 1.92. The van der Waals surface area contributed by atoms with Crippen molar-refractivity contribution in [2.75, 3.05) is 0 Å². The molecule has 0 spiro atoms. The summed E-state index contributed by atoms with van der Waals surface area (Å²) in [6.07, 6.45) is 1.42. The Morgan fingerprint density at radius 2 is 2.10 bits per heavy atom. The van der Waals surface area contributed by atoms with Gasteiger partial charge in [0.15, 0.2) is 0 Å². The number of carboxylic acids is 1. The fourth-order valence-corrected chi connectivity index (χ4v) is 2.29. The van der Waals surface area contributed by atoms with Crippen molar-refractivity contribution in [2.45, 2.75) is 0 Å². The molecule has 4 nitrogen and oxygen atoms in total. The predicted octanol–water partition coefficient (Wildman–Crippen LogP) is 3.52. The fourth-order valence-electron chi connectivity index (χ4n) is 2.04. The summed E-state index contributed by atoms with van der Waals surface area (Å²) in [5.74, 6) is -1.56. The van der Waals surface area contributed by atoms with Crippen molar-refractivity contribution < 1.29 is 14.3 Å². The van der Waals surface area contributed by atoms with Crippen LogP contribution in [-0.2, 0) is 0 Å². The molecule has 1 heterocycles. The highest BCUT2D eigenvalue weighted by molar-refractivity contribution is 6.32. The van der Waals surface area contributed by atoms with E-state index in [2.05, 4.69) is 4.98 Å². The maximum Gasteiger partial charge on any atom is 0.335 e. The van der Waals surface area contributed by atoms with Crippen molar-refractivity contribution in [2.24, 2.45) is 0 Å². The minimum atomic E-state index is -1.06. The quantitative estimate of drug-likeness (QED) is 0.785. The number of imidazole rings is 1. The highest BCUT2D eigenvalue weighted by atomic mass is 35.5. The molecule has 0 fully saturated rings. The third-order valence-electron chi connectivity index (χ3n) is 2.97. The molecule has 6 heteroatoms. The van der Waals surface area contributed by atoms with Crippen LogP contribution in [0.2, 0.25) is 5.02 Å². The van der Waals surface area contributed by atoms with Crippen molar-refractivity contribution in [1.29, 1.82) is 0 Å². The zero-order valence-electron chi connectivity index (χ0n) is 10.0. The number of fused-ring (bicyclic) bond motifs is 1. The number of aromatic carboxylic acids is 1. The van der Waals surface area contributed by atoms with Gasteiger partial charge in [0, 0.05) is 0 Å². The summed E-state index contributed by atoms with van der Waals surface area (Å²) in [7, 11) is 0. The number of rotatable bonds is 2. The van der Waals surface area contributed by atoms with Crippen LogP contribution in [0.3, 0.4) is 0 Å². The topological polar surface area (TPSA) is 55.1 Å². The lowest BCUT2D eigenvalue weighted by Crippen LogP contribution is -1.99. The van der Waals surface area contributed by atoms with Crippen molar-refractivity contribution in [1.82, 2.24) is 9.55 Å². The predicted molar refractivity (Wildman–Crippen MR) is 73.0 cm³/mol. The summed E-state index contributed by atoms with van der Waals surface area (Å²) in [6, 6.07) is 8.81. The SMILES string of the molecule is O=C(O)c1ccc2ncn(-c3c(F)cccc3Cl)c2c1. The Balaban J connectivity index is 2.31. The van der Waals surface area contributed by atoms with Gasteiger partial charge in [-0.05, 0) is 30.3 Å². The number of hydrogen-bond donors (Lipinski definition) is 1. The first-order valence-electron chi connectivity index (χ1n) is 5.72. The van der Waals surface area contributed by atoms with Gasteiger partial charge in [0.1, 0.15) is 17.8 Å². The number of para-hydroxylation sites is 1. The Hall–Kier alpha value is -2.40. The van der Waals surface area contributed by atoms with Gasteiger partial charge in [-0.25, -0.2) is 14.2 Å². The molecule has 1 aromatic heterocycles. The second-order valence-corrected chi connectivity index (χ2v) is 4.60. The van der Waals surface area contributed by atoms with Gasteiger partial charge in [0.05, 0.1) is 21.6 Å². The number of nitrogens with zero attached hydrogens (tertiary/aromatic N) is 2. The summed E-state index contributed by atoms with van der Waals surface area (Å²) in [6.45, 7) is 0. The van der Waals surface area contributed by atoms with Crippen LogP contribution in [-0.4, -0.2) is 20.6 Å². The largest absolute Gasteiger partial charge is 0.478 e. The Bertz CT molecular complexity index is 809. The highest BCUT2D eigenvalue weighted by Crippen LogP contribution is 2.27. The van der Waals surface area contributed by atoms with Crippen molar-refractivity contribution in [3.63, 3.8) is 0 Å². The van der Waals surface area contributed by atoms with Crippen LogP contribution in [0.15, 0.2) is 42.7 Å². The van der Waals surface area contributed by atoms with E-state index >= 15 is 0 Å². The van der Waals surface area contributed by atoms with Gasteiger partial charge >= 0.3 is 5.97 Å². The van der Waals surface area contributed by atoms with E-state index in [1.807, 2.05) is 0 Å². The van der Waals surface area contributed by atoms with Crippen molar-refractivity contribution >= 4 is 28.6 Å². The number of hydrogen-bond acceptors (Lipinski definition) is 2. The van der Waals surface area contributed by atoms with Crippen molar-refractivity contribution in [3.05, 3.63) is 59.1 Å². The summed E-state index contributed by atoms with van der Waals surface area (Å²) in [5, 5.41) is 9.25. The van der Waals surface area contributed by atoms with Crippen LogP contribution in [0.25, 0.3) is 16.7 Å². The van der Waals surface area contributed by atoms with E-state index in [0.29, 0.717) is 11.0 Å². The zero-order valence-corrected chi connectivity index (χ0v) is 10.8. The van der Waals surface area contributed by atoms with E-state index in [1.54, 1.807) is 12.1 Å². The van der Waals surface area contributed by atoms with Crippen LogP contribution in [0, 0.1) is 5.82 Å². The molecule has 0 atom stereocenters. The summed E-state index contributed by atoms with van der Waals surface area (Å²) in [4.78, 5) is 15.1. The molecule has 0 radical (unpaired) electrons. The molecule has 0 saturated heterocycles. The molecule has 3 aromatic rings. The molecular weight excluding hydrogens is 283 g/mol. The highest BCUT2D eigenvalue weighted by Gasteiger charge is 2.14. The Kier molecular flexibility index (Phi) is 2.91. The van der Waals surface area contributed by atoms with E-state index in [0.717, 1.165) is 0 Å². The van der Waals surface area contributed by atoms with E-state index in [4.69, 9.17) is 16.7 Å². The van der Waals surface area contributed by atoms with Crippen LogP contribution in [0.1, 0.15) is 10.4 Å². The van der Waals surface area contributed by atoms with Gasteiger partial charge in [0.25, 0.3) is 0 Å². The monoisotopic (exact) mass is 290 g/mol. The molecule has 0 aliphatic carbocycles. The second kappa shape index (κ2) is 4.61. The molecule has 0 aliphatic rings. The number of benzene rings is 2. The van der Waals surface area contributed by atoms with E-state index < -0.39 is 11.8 Å². The van der Waals surface area contributed by atoms with Crippen molar-refractivity contribution in [3.8, 4) is 5.69 Å². The average Bonchev–Trinajstić information content (AvgIpc) is 2.81. The lowest BCUT2D eigenvalue weighted by atomic mass is 10.2. The Morgan fingerprint density at radius 3 is 2.80 bits per heavy atom. The van der Waals surface area contributed by atoms with E-state index in [-0.39, 0.29) is 16.3 Å². The molecule has 0 saturated carbocycles. The molecule has 0 unspecified atom stereocenters. The van der Waals surface area contributed by atoms with Gasteiger partial charge in [-0.1, -0.05) is 17.7 Å². The third-order valence-corrected chi connectivity index (χ3v) is 3.28. The van der Waals surface area contributed by atoms with Gasteiger partial charge < -0.3 is 5.11 Å². The first-order valence-corrected chi connectivity index (χ1v) is 6.10. The van der Waals surface area contributed by atoms with Crippen LogP contribution in [0.5, 0.6) is 0 Å². The molecular formula is C14H8ClFN2O2. The summed E-state index contributed by atoms with van der Waals surface area (Å²) >= 11 is 6.02. The Labute approximate surface area is 118 Å². The molecule has 100 valence electrons. The lowest BCUT2D eigenvalue weighted by Gasteiger charge is -2.08. The Morgan fingerprint density at radius 1 is 1.30 bits per heavy atom. The second-order valence-electron chi connectivity index (χ2n) is 4.19. The average molecular weight is 291 g/mol. The molecule has 1 N–H and O–H groups in total. The molecule has 0 amide bonds. The van der Waals surface area contributed by atoms with Crippen LogP contribution >= 0.6 is 11.6 Å². The zero-order chi connectivity index (χ0) is 14.3. The number of aromatic nitrogens is 2. The fraction of sp³-hybridized carbons (Fsp3) is 0. The van der Waals surface area contributed by atoms with E-state index in [1.165, 1.54) is 35.2 Å². The molecule has 0 aliphatic heterocycles. The molecule has 0 bridgehead atoms. The maximum absolute atomic E-state index is 14.0. The van der Waals surface area contributed by atoms with Gasteiger partial charge in [-0.2, -0.15) is 0 Å². The minimum absolute atomic E-state index is 0.103. The summed E-state index contributed by atoms with van der Waals surface area (Å²) in [5.41, 5.74) is 1.30. The first-order chi connectivity index (χ1) is 9.58. The first kappa shape index (κ1) is 12.6. The lowest BCUT2D eigenvalue weighted by molar-refractivity contribution is 0.0697. The molecule has 3 rings (SSSR count). The summed E-state index contributed by atoms with van der Waals surface area (Å²) < 4.78 is 15.4. The minimum Gasteiger partial charge on any atom is -0.478 e. The number of halogens is 2. The maximum atomic E-state index is 14.0. The van der Waals surface area contributed by atoms with Crippen LogP contribution < -0.4 is 0 Å². The van der Waals surface area contributed by atoms with Gasteiger partial charge in [-0.3, -0.25) is 4.57 Å². The van der Waals surface area contributed by atoms with Gasteiger partial charge in [-0.15, -0.1) is 0 Å². The van der Waals surface area contributed by atoms with Gasteiger partial charge in [0.2, 0.25) is 0 Å². The smallest absolute Gasteiger partial charge is 0.335 e. The number of carboxylic acid groups (broad SMARTS) is 1.